The van der Waals surface area contributed by atoms with Gasteiger partial charge in [0.15, 0.2) is 6.61 Å². The highest BCUT2D eigenvalue weighted by atomic mass is 35.5. The van der Waals surface area contributed by atoms with Crippen molar-refractivity contribution in [3.05, 3.63) is 59.1 Å². The van der Waals surface area contributed by atoms with Gasteiger partial charge in [0.1, 0.15) is 17.5 Å². The lowest BCUT2D eigenvalue weighted by Crippen LogP contribution is -2.50. The molecule has 162 valence electrons. The molecule has 2 rings (SSSR count). The fourth-order valence-electron chi connectivity index (χ4n) is 2.80. The molecule has 0 aliphatic rings. The lowest BCUT2D eigenvalue weighted by molar-refractivity contribution is -0.142. The van der Waals surface area contributed by atoms with Crippen LogP contribution in [0.2, 0.25) is 5.02 Å². The average Bonchev–Trinajstić information content (AvgIpc) is 2.75. The molecule has 0 heterocycles. The van der Waals surface area contributed by atoms with E-state index in [1.165, 1.54) is 4.90 Å². The number of nitrogens with zero attached hydrogens (tertiary/aromatic N) is 1. The van der Waals surface area contributed by atoms with E-state index in [0.29, 0.717) is 16.5 Å². The predicted octanol–water partition coefficient (Wildman–Crippen LogP) is 4.06. The van der Waals surface area contributed by atoms with E-state index in [4.69, 9.17) is 21.1 Å². The molecule has 0 radical (unpaired) electrons. The molecular formula is C23H29ClN2O4. The zero-order valence-electron chi connectivity index (χ0n) is 17.9. The summed E-state index contributed by atoms with van der Waals surface area (Å²) in [6.07, 6.45) is 0.806. The number of methoxy groups -OCH3 is 1. The standard InChI is InChI=1S/C23H29ClN2O4/c1-5-16(2)25-23(28)17(3)26(14-18-8-6-10-20(12-18)29-4)22(27)15-30-21-11-7-9-19(24)13-21/h6-13,16-17H,5,14-15H2,1-4H3,(H,25,28)/t16-,17-/m0/s1. The van der Waals surface area contributed by atoms with Crippen LogP contribution in [0.4, 0.5) is 0 Å². The Hall–Kier alpha value is -2.73. The fourth-order valence-corrected chi connectivity index (χ4v) is 2.98. The topological polar surface area (TPSA) is 67.9 Å². The van der Waals surface area contributed by atoms with Crippen LogP contribution < -0.4 is 14.8 Å². The first-order chi connectivity index (χ1) is 14.3. The highest BCUT2D eigenvalue weighted by Crippen LogP contribution is 2.19. The first-order valence-electron chi connectivity index (χ1n) is 9.95. The maximum Gasteiger partial charge on any atom is 0.261 e. The molecule has 1 N–H and O–H groups in total. The van der Waals surface area contributed by atoms with E-state index < -0.39 is 6.04 Å². The van der Waals surface area contributed by atoms with E-state index in [9.17, 15) is 9.59 Å². The van der Waals surface area contributed by atoms with Crippen LogP contribution in [-0.4, -0.2) is 42.5 Å². The van der Waals surface area contributed by atoms with Crippen molar-refractivity contribution in [3.63, 3.8) is 0 Å². The molecule has 2 aromatic rings. The van der Waals surface area contributed by atoms with Gasteiger partial charge in [0.05, 0.1) is 7.11 Å². The van der Waals surface area contributed by atoms with Crippen LogP contribution in [-0.2, 0) is 16.1 Å². The van der Waals surface area contributed by atoms with Gasteiger partial charge in [-0.1, -0.05) is 36.7 Å². The molecule has 6 nitrogen and oxygen atoms in total. The van der Waals surface area contributed by atoms with Crippen LogP contribution in [0.1, 0.15) is 32.8 Å². The summed E-state index contributed by atoms with van der Waals surface area (Å²) in [5, 5.41) is 3.46. The number of hydrogen-bond donors (Lipinski definition) is 1. The maximum absolute atomic E-state index is 13.0. The number of carbonyl (C=O) groups excluding carboxylic acids is 2. The molecule has 0 unspecified atom stereocenters. The Kier molecular flexibility index (Phi) is 8.99. The van der Waals surface area contributed by atoms with Gasteiger partial charge in [0.2, 0.25) is 5.91 Å². The number of hydrogen-bond acceptors (Lipinski definition) is 4. The summed E-state index contributed by atoms with van der Waals surface area (Å²) in [7, 11) is 1.59. The third-order valence-electron chi connectivity index (χ3n) is 4.81. The van der Waals surface area contributed by atoms with Gasteiger partial charge >= 0.3 is 0 Å². The monoisotopic (exact) mass is 432 g/mol. The Balaban J connectivity index is 2.17. The van der Waals surface area contributed by atoms with Crippen molar-refractivity contribution in [1.82, 2.24) is 10.2 Å². The number of carbonyl (C=O) groups is 2. The quantitative estimate of drug-likeness (QED) is 0.614. The Labute approximate surface area is 183 Å². The third kappa shape index (κ3) is 6.95. The van der Waals surface area contributed by atoms with Crippen LogP contribution in [0.5, 0.6) is 11.5 Å². The zero-order valence-corrected chi connectivity index (χ0v) is 18.6. The third-order valence-corrected chi connectivity index (χ3v) is 5.05. The predicted molar refractivity (Wildman–Crippen MR) is 118 cm³/mol. The van der Waals surface area contributed by atoms with Gasteiger partial charge in [0, 0.05) is 17.6 Å². The first-order valence-corrected chi connectivity index (χ1v) is 10.3. The summed E-state index contributed by atoms with van der Waals surface area (Å²) < 4.78 is 10.9. The summed E-state index contributed by atoms with van der Waals surface area (Å²) in [4.78, 5) is 27.2. The van der Waals surface area contributed by atoms with E-state index in [1.54, 1.807) is 38.3 Å². The normalized spacial score (nSPS) is 12.6. The van der Waals surface area contributed by atoms with Gasteiger partial charge in [0.25, 0.3) is 5.91 Å². The Bertz CT molecular complexity index is 859. The van der Waals surface area contributed by atoms with Crippen molar-refractivity contribution in [2.45, 2.75) is 45.8 Å². The molecule has 2 amide bonds. The van der Waals surface area contributed by atoms with Crippen LogP contribution in [0, 0.1) is 0 Å². The van der Waals surface area contributed by atoms with Crippen molar-refractivity contribution in [1.29, 1.82) is 0 Å². The van der Waals surface area contributed by atoms with Crippen molar-refractivity contribution < 1.29 is 19.1 Å². The minimum atomic E-state index is -0.666. The summed E-state index contributed by atoms with van der Waals surface area (Å²) >= 11 is 5.97. The molecule has 7 heteroatoms. The molecule has 0 spiro atoms. The van der Waals surface area contributed by atoms with Gasteiger partial charge in [-0.05, 0) is 56.2 Å². The molecule has 0 fully saturated rings. The maximum atomic E-state index is 13.0. The largest absolute Gasteiger partial charge is 0.497 e. The molecule has 2 aromatic carbocycles. The molecule has 0 aromatic heterocycles. The molecule has 30 heavy (non-hydrogen) atoms. The molecule has 0 bridgehead atoms. The second-order valence-corrected chi connectivity index (χ2v) is 7.55. The van der Waals surface area contributed by atoms with Crippen molar-refractivity contribution >= 4 is 23.4 Å². The second-order valence-electron chi connectivity index (χ2n) is 7.11. The highest BCUT2D eigenvalue weighted by molar-refractivity contribution is 6.30. The summed E-state index contributed by atoms with van der Waals surface area (Å²) in [6.45, 7) is 5.69. The Morgan fingerprint density at radius 3 is 2.47 bits per heavy atom. The molecule has 0 saturated heterocycles. The number of halogens is 1. The van der Waals surface area contributed by atoms with Crippen LogP contribution in [0.25, 0.3) is 0 Å². The van der Waals surface area contributed by atoms with Gasteiger partial charge in [-0.3, -0.25) is 9.59 Å². The van der Waals surface area contributed by atoms with Crippen molar-refractivity contribution in [2.24, 2.45) is 0 Å². The van der Waals surface area contributed by atoms with Gasteiger partial charge in [-0.15, -0.1) is 0 Å². The van der Waals surface area contributed by atoms with Gasteiger partial charge in [-0.25, -0.2) is 0 Å². The Morgan fingerprint density at radius 2 is 1.80 bits per heavy atom. The number of ether oxygens (including phenoxy) is 2. The van der Waals surface area contributed by atoms with Crippen LogP contribution >= 0.6 is 11.6 Å². The molecular weight excluding hydrogens is 404 g/mol. The van der Waals surface area contributed by atoms with E-state index in [1.807, 2.05) is 38.1 Å². The lowest BCUT2D eigenvalue weighted by Gasteiger charge is -2.29. The SMILES string of the molecule is CC[C@H](C)NC(=O)[C@H](C)N(Cc1cccc(OC)c1)C(=O)COc1cccc(Cl)c1. The summed E-state index contributed by atoms with van der Waals surface area (Å²) in [5.74, 6) is 0.675. The first kappa shape index (κ1) is 23.5. The number of benzene rings is 2. The smallest absolute Gasteiger partial charge is 0.261 e. The minimum Gasteiger partial charge on any atom is -0.497 e. The molecule has 0 aliphatic carbocycles. The highest BCUT2D eigenvalue weighted by Gasteiger charge is 2.27. The van der Waals surface area contributed by atoms with E-state index in [-0.39, 0.29) is 31.0 Å². The molecule has 0 saturated carbocycles. The zero-order chi connectivity index (χ0) is 22.1. The second kappa shape index (κ2) is 11.5. The van der Waals surface area contributed by atoms with Crippen molar-refractivity contribution in [2.75, 3.05) is 13.7 Å². The fraction of sp³-hybridized carbons (Fsp3) is 0.391. The minimum absolute atomic E-state index is 0.0245. The molecule has 0 aliphatic heterocycles. The average molecular weight is 433 g/mol. The van der Waals surface area contributed by atoms with Gasteiger partial charge in [-0.2, -0.15) is 0 Å². The van der Waals surface area contributed by atoms with Crippen LogP contribution in [0.3, 0.4) is 0 Å². The van der Waals surface area contributed by atoms with E-state index in [2.05, 4.69) is 5.32 Å². The Morgan fingerprint density at radius 1 is 1.10 bits per heavy atom. The summed E-state index contributed by atoms with van der Waals surface area (Å²) in [6, 6.07) is 13.6. The lowest BCUT2D eigenvalue weighted by atomic mass is 10.1. The van der Waals surface area contributed by atoms with Gasteiger partial charge < -0.3 is 19.7 Å². The number of nitrogens with one attached hydrogen (secondary N) is 1. The number of rotatable bonds is 10. The number of amides is 2. The summed E-state index contributed by atoms with van der Waals surface area (Å²) in [5.41, 5.74) is 0.855. The van der Waals surface area contributed by atoms with E-state index >= 15 is 0 Å². The van der Waals surface area contributed by atoms with E-state index in [0.717, 1.165) is 12.0 Å². The van der Waals surface area contributed by atoms with Crippen LogP contribution in [0.15, 0.2) is 48.5 Å². The molecule has 2 atom stereocenters. The van der Waals surface area contributed by atoms with Crippen molar-refractivity contribution in [3.8, 4) is 11.5 Å².